The zero-order valence-electron chi connectivity index (χ0n) is 26.4. The van der Waals surface area contributed by atoms with Crippen molar-refractivity contribution in [3.8, 4) is 11.1 Å². The molecule has 5 aliphatic rings. The van der Waals surface area contributed by atoms with Crippen molar-refractivity contribution >= 4 is 45.0 Å². The van der Waals surface area contributed by atoms with E-state index in [0.717, 1.165) is 32.1 Å². The number of nitrogens with zero attached hydrogens (tertiary/aromatic N) is 1. The molecular weight excluding hydrogens is 567 g/mol. The molecule has 1 heterocycles. The maximum atomic E-state index is 2.55. The second-order valence-corrected chi connectivity index (χ2v) is 13.4. The molecule has 0 saturated heterocycles. The van der Waals surface area contributed by atoms with Gasteiger partial charge in [-0.2, -0.15) is 0 Å². The highest BCUT2D eigenvalue weighted by molar-refractivity contribution is 6.34. The molecule has 1 heteroatoms. The van der Waals surface area contributed by atoms with Gasteiger partial charge in [0.25, 0.3) is 0 Å². The van der Waals surface area contributed by atoms with E-state index in [9.17, 15) is 0 Å². The molecule has 1 atom stereocenters. The van der Waals surface area contributed by atoms with Gasteiger partial charge in [-0.1, -0.05) is 121 Å². The van der Waals surface area contributed by atoms with Gasteiger partial charge < -0.3 is 4.57 Å². The largest absolute Gasteiger partial charge is 0.313 e. The molecule has 0 bridgehead atoms. The lowest BCUT2D eigenvalue weighted by molar-refractivity contribution is 0.815. The summed E-state index contributed by atoms with van der Waals surface area (Å²) in [6, 6.07) is 36.2. The van der Waals surface area contributed by atoms with Crippen molar-refractivity contribution in [1.82, 2.24) is 4.57 Å². The average Bonchev–Trinajstić information content (AvgIpc) is 3.78. The van der Waals surface area contributed by atoms with Gasteiger partial charge in [-0.3, -0.25) is 0 Å². The van der Waals surface area contributed by atoms with E-state index < -0.39 is 0 Å². The Bertz CT molecular complexity index is 2360. The summed E-state index contributed by atoms with van der Waals surface area (Å²) in [4.78, 5) is 0. The second-order valence-electron chi connectivity index (χ2n) is 13.4. The number of fused-ring (bicyclic) bond motifs is 8. The molecule has 47 heavy (non-hydrogen) atoms. The molecule has 10 rings (SSSR count). The van der Waals surface area contributed by atoms with Crippen LogP contribution >= 0.6 is 0 Å². The van der Waals surface area contributed by atoms with Crippen molar-refractivity contribution in [3.05, 3.63) is 179 Å². The third-order valence-corrected chi connectivity index (χ3v) is 10.8. The highest BCUT2D eigenvalue weighted by Crippen LogP contribution is 2.60. The Balaban J connectivity index is 1.19. The molecule has 1 aromatic heterocycles. The molecule has 5 aliphatic carbocycles. The molecule has 5 aromatic rings. The predicted octanol–water partition coefficient (Wildman–Crippen LogP) is 11.8. The van der Waals surface area contributed by atoms with Crippen LogP contribution in [0, 0.1) is 5.92 Å². The molecule has 0 spiro atoms. The first-order valence-corrected chi connectivity index (χ1v) is 17.2. The van der Waals surface area contributed by atoms with Gasteiger partial charge in [-0.05, 0) is 123 Å². The first-order chi connectivity index (χ1) is 23.3. The molecule has 0 radical (unpaired) electrons. The molecule has 0 aliphatic heterocycles. The molecule has 1 nitrogen and oxygen atoms in total. The Hall–Kier alpha value is -5.40. The van der Waals surface area contributed by atoms with E-state index >= 15 is 0 Å². The van der Waals surface area contributed by atoms with Crippen molar-refractivity contribution in [3.63, 3.8) is 0 Å². The highest BCUT2D eigenvalue weighted by Gasteiger charge is 2.40. The molecular formula is C46H35N. The van der Waals surface area contributed by atoms with Crippen LogP contribution in [0.3, 0.4) is 0 Å². The zero-order chi connectivity index (χ0) is 30.9. The number of benzene rings is 4. The van der Waals surface area contributed by atoms with Gasteiger partial charge in [0.05, 0.1) is 5.52 Å². The van der Waals surface area contributed by atoms with Crippen LogP contribution in [-0.2, 0) is 6.42 Å². The van der Waals surface area contributed by atoms with Gasteiger partial charge in [0.1, 0.15) is 0 Å². The fourth-order valence-corrected chi connectivity index (χ4v) is 8.77. The standard InChI is InChI=1S/C46H35N/c1-4-14-30(15-5-1)32-24-26-41-39(28-32)40-29-33(25-27-42(40)47(41)34-18-8-3-9-19-34)44-36-21-11-13-23-38(36)45-43(31-16-6-2-7-17-31)35-20-10-12-22-37(35)46(44)45/h1,3-6,8,10-18,20-28,33H,2,7,9,19,29H2. The van der Waals surface area contributed by atoms with Crippen molar-refractivity contribution in [1.29, 1.82) is 0 Å². The lowest BCUT2D eigenvalue weighted by Crippen LogP contribution is -2.11. The maximum absolute atomic E-state index is 2.55. The van der Waals surface area contributed by atoms with Crippen LogP contribution in [-0.4, -0.2) is 4.57 Å². The Labute approximate surface area is 276 Å². The van der Waals surface area contributed by atoms with Crippen LogP contribution in [0.2, 0.25) is 0 Å². The van der Waals surface area contributed by atoms with Crippen molar-refractivity contribution in [2.75, 3.05) is 0 Å². The molecule has 1 unspecified atom stereocenters. The third kappa shape index (κ3) is 4.02. The molecule has 0 N–H and O–H groups in total. The topological polar surface area (TPSA) is 4.93 Å². The number of rotatable bonds is 4. The van der Waals surface area contributed by atoms with Gasteiger partial charge in [-0.15, -0.1) is 0 Å². The van der Waals surface area contributed by atoms with Crippen molar-refractivity contribution in [2.24, 2.45) is 5.92 Å². The summed E-state index contributed by atoms with van der Waals surface area (Å²) < 4.78 is 2.55. The minimum Gasteiger partial charge on any atom is -0.313 e. The van der Waals surface area contributed by atoms with E-state index in [2.05, 4.69) is 150 Å². The quantitative estimate of drug-likeness (QED) is 0.193. The van der Waals surface area contributed by atoms with E-state index in [-0.39, 0.29) is 5.92 Å². The molecule has 0 fully saturated rings. The van der Waals surface area contributed by atoms with Gasteiger partial charge in [-0.25, -0.2) is 0 Å². The summed E-state index contributed by atoms with van der Waals surface area (Å²) in [5.74, 6) is 0.277. The maximum Gasteiger partial charge on any atom is 0.0534 e. The fourth-order valence-electron chi connectivity index (χ4n) is 8.77. The summed E-state index contributed by atoms with van der Waals surface area (Å²) in [5.41, 5.74) is 20.8. The molecule has 0 amide bonds. The SMILES string of the molecule is C1=CCCC(n2c3c(c4cc(-c5ccccc5)ccc42)CC(C2=C4C(=C(C5=CCCC=C5)c5ccccc54)c4ccccc42)C=C3)=C1. The Morgan fingerprint density at radius 1 is 0.617 bits per heavy atom. The second kappa shape index (κ2) is 10.6. The summed E-state index contributed by atoms with van der Waals surface area (Å²) in [6.45, 7) is 0. The van der Waals surface area contributed by atoms with Gasteiger partial charge in [0.2, 0.25) is 0 Å². The minimum absolute atomic E-state index is 0.277. The van der Waals surface area contributed by atoms with E-state index in [1.54, 1.807) is 0 Å². The zero-order valence-corrected chi connectivity index (χ0v) is 26.4. The van der Waals surface area contributed by atoms with Gasteiger partial charge in [0, 0.05) is 22.7 Å². The fraction of sp³-hybridized carbons (Fsp3) is 0.130. The molecule has 4 aromatic carbocycles. The van der Waals surface area contributed by atoms with Crippen LogP contribution < -0.4 is 0 Å². The lowest BCUT2D eigenvalue weighted by atomic mass is 9.81. The van der Waals surface area contributed by atoms with E-state index in [1.165, 1.54) is 89.1 Å². The smallest absolute Gasteiger partial charge is 0.0534 e. The number of aromatic nitrogens is 1. The first kappa shape index (κ1) is 26.8. The van der Waals surface area contributed by atoms with Crippen LogP contribution in [0.5, 0.6) is 0 Å². The first-order valence-electron chi connectivity index (χ1n) is 17.2. The Kier molecular flexibility index (Phi) is 6.02. The summed E-state index contributed by atoms with van der Waals surface area (Å²) in [5, 5.41) is 1.38. The van der Waals surface area contributed by atoms with Crippen LogP contribution in [0.4, 0.5) is 0 Å². The monoisotopic (exact) mass is 601 g/mol. The van der Waals surface area contributed by atoms with Gasteiger partial charge in [0.15, 0.2) is 0 Å². The average molecular weight is 602 g/mol. The van der Waals surface area contributed by atoms with Gasteiger partial charge >= 0.3 is 0 Å². The number of allylic oxidation sites excluding steroid dienone is 13. The molecule has 224 valence electrons. The third-order valence-electron chi connectivity index (χ3n) is 10.8. The van der Waals surface area contributed by atoms with Crippen LogP contribution in [0.25, 0.3) is 56.1 Å². The highest BCUT2D eigenvalue weighted by atomic mass is 15.0. The summed E-state index contributed by atoms with van der Waals surface area (Å²) in [6.07, 6.45) is 24.3. The summed E-state index contributed by atoms with van der Waals surface area (Å²) in [7, 11) is 0. The number of hydrogen-bond donors (Lipinski definition) is 0. The Morgan fingerprint density at radius 2 is 1.38 bits per heavy atom. The van der Waals surface area contributed by atoms with E-state index in [0.29, 0.717) is 0 Å². The van der Waals surface area contributed by atoms with Crippen LogP contribution in [0.1, 0.15) is 59.2 Å². The Morgan fingerprint density at radius 3 is 2.15 bits per heavy atom. The number of hydrogen-bond acceptors (Lipinski definition) is 0. The minimum atomic E-state index is 0.277. The predicted molar refractivity (Wildman–Crippen MR) is 199 cm³/mol. The normalized spacial score (nSPS) is 19.1. The van der Waals surface area contributed by atoms with Crippen molar-refractivity contribution in [2.45, 2.75) is 32.1 Å². The van der Waals surface area contributed by atoms with E-state index in [1.807, 2.05) is 0 Å². The van der Waals surface area contributed by atoms with Crippen molar-refractivity contribution < 1.29 is 0 Å². The molecule has 0 saturated carbocycles. The van der Waals surface area contributed by atoms with Crippen LogP contribution in [0.15, 0.2) is 145 Å². The summed E-state index contributed by atoms with van der Waals surface area (Å²) >= 11 is 0. The van der Waals surface area contributed by atoms with E-state index in [4.69, 9.17) is 0 Å². The lowest BCUT2D eigenvalue weighted by Gasteiger charge is -2.23.